The number of carboxylic acids is 1. The van der Waals surface area contributed by atoms with Gasteiger partial charge in [0.2, 0.25) is 0 Å². The first-order valence-corrected chi connectivity index (χ1v) is 5.16. The van der Waals surface area contributed by atoms with Gasteiger partial charge >= 0.3 is 5.97 Å². The molecular weight excluding hydrogens is 283 g/mol. The Labute approximate surface area is 99.8 Å². The summed E-state index contributed by atoms with van der Waals surface area (Å²) in [5.41, 5.74) is -2.01. The summed E-state index contributed by atoms with van der Waals surface area (Å²) < 4.78 is 18.4. The molecule has 0 aliphatic rings. The molecule has 1 rings (SSSR count). The molecule has 0 heterocycles. The second-order valence-corrected chi connectivity index (χ2v) is 4.30. The second-order valence-electron chi connectivity index (χ2n) is 3.44. The van der Waals surface area contributed by atoms with Crippen molar-refractivity contribution in [2.75, 3.05) is 6.61 Å². The Hall–Kier alpha value is -1.14. The molecule has 0 aliphatic carbocycles. The van der Waals surface area contributed by atoms with E-state index in [-0.39, 0.29) is 5.75 Å². The molecule has 6 heteroatoms. The van der Waals surface area contributed by atoms with Crippen LogP contribution in [0.2, 0.25) is 0 Å². The molecule has 1 aromatic carbocycles. The summed E-state index contributed by atoms with van der Waals surface area (Å²) in [5.74, 6) is -1.77. The van der Waals surface area contributed by atoms with Crippen LogP contribution in [-0.2, 0) is 4.79 Å². The summed E-state index contributed by atoms with van der Waals surface area (Å²) in [6, 6.07) is 3.76. The predicted molar refractivity (Wildman–Crippen MR) is 57.9 cm³/mol. The van der Waals surface area contributed by atoms with Gasteiger partial charge in [-0.3, -0.25) is 0 Å². The molecule has 0 aliphatic heterocycles. The highest BCUT2D eigenvalue weighted by atomic mass is 79.9. The Morgan fingerprint density at radius 3 is 2.81 bits per heavy atom. The van der Waals surface area contributed by atoms with Gasteiger partial charge in [0.05, 0.1) is 4.47 Å². The first-order valence-electron chi connectivity index (χ1n) is 4.36. The minimum atomic E-state index is -2.01. The topological polar surface area (TPSA) is 66.8 Å². The number of benzene rings is 1. The van der Waals surface area contributed by atoms with E-state index in [1.54, 1.807) is 0 Å². The number of carboxylic acid groups (broad SMARTS) is 1. The molecule has 0 radical (unpaired) electrons. The number of hydrogen-bond acceptors (Lipinski definition) is 3. The Balaban J connectivity index is 2.75. The van der Waals surface area contributed by atoms with Crippen LogP contribution in [0, 0.1) is 5.82 Å². The summed E-state index contributed by atoms with van der Waals surface area (Å²) in [5, 5.41) is 18.0. The van der Waals surface area contributed by atoms with Gasteiger partial charge in [-0.15, -0.1) is 0 Å². The highest BCUT2D eigenvalue weighted by molar-refractivity contribution is 9.10. The van der Waals surface area contributed by atoms with E-state index in [1.807, 2.05) is 0 Å². The summed E-state index contributed by atoms with van der Waals surface area (Å²) in [6.45, 7) is 0.632. The van der Waals surface area contributed by atoms with E-state index in [9.17, 15) is 14.3 Å². The molecule has 2 N–H and O–H groups in total. The van der Waals surface area contributed by atoms with Crippen LogP contribution in [0.25, 0.3) is 0 Å². The smallest absolute Gasteiger partial charge is 0.339 e. The maximum atomic E-state index is 12.8. The van der Waals surface area contributed by atoms with E-state index in [0.29, 0.717) is 4.47 Å². The lowest BCUT2D eigenvalue weighted by Crippen LogP contribution is -2.41. The molecule has 88 valence electrons. The summed E-state index contributed by atoms with van der Waals surface area (Å²) >= 11 is 3.11. The van der Waals surface area contributed by atoms with Gasteiger partial charge < -0.3 is 14.9 Å². The number of aliphatic carboxylic acids is 1. The fraction of sp³-hybridized carbons (Fsp3) is 0.300. The number of carbonyl (C=O) groups is 1. The minimum Gasteiger partial charge on any atom is -0.489 e. The third kappa shape index (κ3) is 3.18. The first-order chi connectivity index (χ1) is 7.33. The highest BCUT2D eigenvalue weighted by Gasteiger charge is 2.31. The molecule has 16 heavy (non-hydrogen) atoms. The molecular formula is C10H10BrFO4. The van der Waals surface area contributed by atoms with E-state index in [2.05, 4.69) is 15.9 Å². The molecule has 0 amide bonds. The molecule has 0 fully saturated rings. The van der Waals surface area contributed by atoms with Crippen LogP contribution in [0.3, 0.4) is 0 Å². The summed E-state index contributed by atoms with van der Waals surface area (Å²) in [7, 11) is 0. The molecule has 1 unspecified atom stereocenters. The van der Waals surface area contributed by atoms with Crippen LogP contribution in [0.4, 0.5) is 4.39 Å². The van der Waals surface area contributed by atoms with E-state index in [0.717, 1.165) is 13.0 Å². The SMILES string of the molecule is CC(O)(COc1cc(F)ccc1Br)C(=O)O. The second kappa shape index (κ2) is 4.80. The third-order valence-electron chi connectivity index (χ3n) is 1.86. The van der Waals surface area contributed by atoms with Crippen LogP contribution >= 0.6 is 15.9 Å². The molecule has 1 atom stereocenters. The number of ether oxygens (including phenoxy) is 1. The van der Waals surface area contributed by atoms with Crippen molar-refractivity contribution in [1.82, 2.24) is 0 Å². The van der Waals surface area contributed by atoms with Crippen molar-refractivity contribution in [2.45, 2.75) is 12.5 Å². The molecule has 0 bridgehead atoms. The number of hydrogen-bond donors (Lipinski definition) is 2. The molecule has 0 saturated carbocycles. The highest BCUT2D eigenvalue weighted by Crippen LogP contribution is 2.26. The average molecular weight is 293 g/mol. The number of aliphatic hydroxyl groups is 1. The van der Waals surface area contributed by atoms with E-state index in [4.69, 9.17) is 9.84 Å². The van der Waals surface area contributed by atoms with Crippen molar-refractivity contribution in [3.8, 4) is 5.75 Å². The third-order valence-corrected chi connectivity index (χ3v) is 2.52. The van der Waals surface area contributed by atoms with Crippen molar-refractivity contribution in [3.63, 3.8) is 0 Å². The lowest BCUT2D eigenvalue weighted by atomic mass is 10.1. The standard InChI is InChI=1S/C10H10BrFO4/c1-10(15,9(13)14)5-16-8-4-6(12)2-3-7(8)11/h2-4,15H,5H2,1H3,(H,13,14). The van der Waals surface area contributed by atoms with Crippen LogP contribution < -0.4 is 4.74 Å². The zero-order chi connectivity index (χ0) is 12.3. The van der Waals surface area contributed by atoms with Gasteiger partial charge in [-0.2, -0.15) is 0 Å². The van der Waals surface area contributed by atoms with Gasteiger partial charge in [0, 0.05) is 6.07 Å². The monoisotopic (exact) mass is 292 g/mol. The number of halogens is 2. The molecule has 1 aromatic rings. The van der Waals surface area contributed by atoms with Crippen molar-refractivity contribution >= 4 is 21.9 Å². The van der Waals surface area contributed by atoms with Crippen LogP contribution in [-0.4, -0.2) is 28.4 Å². The maximum absolute atomic E-state index is 12.8. The van der Waals surface area contributed by atoms with Gasteiger partial charge in [0.15, 0.2) is 5.60 Å². The van der Waals surface area contributed by atoms with Crippen molar-refractivity contribution < 1.29 is 24.1 Å². The zero-order valence-corrected chi connectivity index (χ0v) is 9.99. The lowest BCUT2D eigenvalue weighted by molar-refractivity contribution is -0.159. The van der Waals surface area contributed by atoms with E-state index in [1.165, 1.54) is 12.1 Å². The van der Waals surface area contributed by atoms with Crippen molar-refractivity contribution in [2.24, 2.45) is 0 Å². The van der Waals surface area contributed by atoms with Crippen molar-refractivity contribution in [3.05, 3.63) is 28.5 Å². The maximum Gasteiger partial charge on any atom is 0.339 e. The normalized spacial score (nSPS) is 14.2. The summed E-state index contributed by atoms with van der Waals surface area (Å²) in [6.07, 6.45) is 0. The Morgan fingerprint density at radius 2 is 2.25 bits per heavy atom. The van der Waals surface area contributed by atoms with Gasteiger partial charge in [-0.05, 0) is 35.0 Å². The van der Waals surface area contributed by atoms with E-state index < -0.39 is 24.0 Å². The Morgan fingerprint density at radius 1 is 1.62 bits per heavy atom. The van der Waals surface area contributed by atoms with Gasteiger partial charge in [-0.1, -0.05) is 0 Å². The van der Waals surface area contributed by atoms with Gasteiger partial charge in [0.1, 0.15) is 18.2 Å². The van der Waals surface area contributed by atoms with Crippen LogP contribution in [0.1, 0.15) is 6.92 Å². The number of rotatable bonds is 4. The van der Waals surface area contributed by atoms with E-state index >= 15 is 0 Å². The predicted octanol–water partition coefficient (Wildman–Crippen LogP) is 1.80. The molecule has 4 nitrogen and oxygen atoms in total. The van der Waals surface area contributed by atoms with Crippen LogP contribution in [0.5, 0.6) is 5.75 Å². The molecule has 0 spiro atoms. The van der Waals surface area contributed by atoms with Crippen molar-refractivity contribution in [1.29, 1.82) is 0 Å². The fourth-order valence-electron chi connectivity index (χ4n) is 0.868. The quantitative estimate of drug-likeness (QED) is 0.888. The lowest BCUT2D eigenvalue weighted by Gasteiger charge is -2.18. The average Bonchev–Trinajstić information content (AvgIpc) is 2.19. The zero-order valence-electron chi connectivity index (χ0n) is 8.41. The largest absolute Gasteiger partial charge is 0.489 e. The van der Waals surface area contributed by atoms with Gasteiger partial charge in [0.25, 0.3) is 0 Å². The molecule has 0 saturated heterocycles. The minimum absolute atomic E-state index is 0.140. The Kier molecular flexibility index (Phi) is 3.88. The summed E-state index contributed by atoms with van der Waals surface area (Å²) in [4.78, 5) is 10.6. The molecule has 0 aromatic heterocycles. The Bertz CT molecular complexity index is 406. The van der Waals surface area contributed by atoms with Gasteiger partial charge in [-0.25, -0.2) is 9.18 Å². The first kappa shape index (κ1) is 12.9. The van der Waals surface area contributed by atoms with Crippen LogP contribution in [0.15, 0.2) is 22.7 Å². The fourth-order valence-corrected chi connectivity index (χ4v) is 1.23.